The normalized spacial score (nSPS) is 12.8. The van der Waals surface area contributed by atoms with Gasteiger partial charge in [0.05, 0.1) is 0 Å². The Labute approximate surface area is 99.2 Å². The lowest BCUT2D eigenvalue weighted by Gasteiger charge is -2.19. The van der Waals surface area contributed by atoms with Crippen LogP contribution in [0.1, 0.15) is 40.0 Å². The van der Waals surface area contributed by atoms with E-state index in [1.807, 2.05) is 24.3 Å². The molecule has 0 heterocycles. The largest absolute Gasteiger partial charge is 0.399 e. The van der Waals surface area contributed by atoms with Crippen LogP contribution in [-0.2, 0) is 0 Å². The molecule has 1 aromatic carbocycles. The van der Waals surface area contributed by atoms with Crippen LogP contribution in [0.15, 0.2) is 24.3 Å². The first-order valence-electron chi connectivity index (χ1n) is 6.24. The van der Waals surface area contributed by atoms with E-state index in [0.717, 1.165) is 18.0 Å². The third kappa shape index (κ3) is 4.56. The molecule has 90 valence electrons. The van der Waals surface area contributed by atoms with Gasteiger partial charge in [0.1, 0.15) is 0 Å². The van der Waals surface area contributed by atoms with Gasteiger partial charge in [-0.25, -0.2) is 0 Å². The number of rotatable bonds is 6. The topological polar surface area (TPSA) is 38.0 Å². The van der Waals surface area contributed by atoms with E-state index in [4.69, 9.17) is 5.73 Å². The van der Waals surface area contributed by atoms with Crippen LogP contribution in [-0.4, -0.2) is 6.04 Å². The molecule has 2 heteroatoms. The van der Waals surface area contributed by atoms with E-state index < -0.39 is 0 Å². The van der Waals surface area contributed by atoms with E-state index in [0.29, 0.717) is 6.04 Å². The van der Waals surface area contributed by atoms with Gasteiger partial charge in [0, 0.05) is 17.4 Å². The zero-order chi connectivity index (χ0) is 12.0. The van der Waals surface area contributed by atoms with E-state index >= 15 is 0 Å². The highest BCUT2D eigenvalue weighted by molar-refractivity contribution is 5.51. The number of anilines is 2. The van der Waals surface area contributed by atoms with Crippen molar-refractivity contribution in [2.24, 2.45) is 5.92 Å². The molecule has 1 rings (SSSR count). The van der Waals surface area contributed by atoms with Crippen LogP contribution in [0.2, 0.25) is 0 Å². The van der Waals surface area contributed by atoms with Gasteiger partial charge >= 0.3 is 0 Å². The molecule has 0 aliphatic carbocycles. The van der Waals surface area contributed by atoms with Crippen LogP contribution in [0.25, 0.3) is 0 Å². The van der Waals surface area contributed by atoms with Crippen molar-refractivity contribution >= 4 is 11.4 Å². The molecule has 0 fully saturated rings. The lowest BCUT2D eigenvalue weighted by Crippen LogP contribution is -2.18. The maximum absolute atomic E-state index is 5.66. The van der Waals surface area contributed by atoms with Crippen molar-refractivity contribution in [2.75, 3.05) is 11.1 Å². The monoisotopic (exact) mass is 220 g/mol. The molecular formula is C14H24N2. The standard InChI is InChI=1S/C14H24N2/c1-4-13(8-5-11(2)3)16-14-9-6-12(15)7-10-14/h6-7,9-11,13,16H,4-5,8,15H2,1-3H3. The molecule has 0 radical (unpaired) electrons. The number of nitrogens with one attached hydrogen (secondary N) is 1. The smallest absolute Gasteiger partial charge is 0.0343 e. The predicted octanol–water partition coefficient (Wildman–Crippen LogP) is 3.90. The zero-order valence-electron chi connectivity index (χ0n) is 10.7. The lowest BCUT2D eigenvalue weighted by atomic mass is 10.0. The minimum Gasteiger partial charge on any atom is -0.399 e. The predicted molar refractivity (Wildman–Crippen MR) is 72.6 cm³/mol. The van der Waals surface area contributed by atoms with Crippen molar-refractivity contribution < 1.29 is 0 Å². The summed E-state index contributed by atoms with van der Waals surface area (Å²) in [5.41, 5.74) is 7.65. The molecule has 1 aromatic rings. The third-order valence-corrected chi connectivity index (χ3v) is 2.87. The molecule has 0 bridgehead atoms. The molecule has 0 saturated carbocycles. The summed E-state index contributed by atoms with van der Waals surface area (Å²) in [5, 5.41) is 3.56. The van der Waals surface area contributed by atoms with Crippen molar-refractivity contribution in [1.82, 2.24) is 0 Å². The van der Waals surface area contributed by atoms with Crippen molar-refractivity contribution in [3.05, 3.63) is 24.3 Å². The van der Waals surface area contributed by atoms with E-state index in [1.165, 1.54) is 18.5 Å². The molecule has 0 saturated heterocycles. The molecule has 3 N–H and O–H groups in total. The van der Waals surface area contributed by atoms with E-state index in [1.54, 1.807) is 0 Å². The first kappa shape index (κ1) is 12.9. The van der Waals surface area contributed by atoms with Crippen LogP contribution >= 0.6 is 0 Å². The number of nitrogen functional groups attached to an aromatic ring is 1. The summed E-state index contributed by atoms with van der Waals surface area (Å²) >= 11 is 0. The van der Waals surface area contributed by atoms with Crippen LogP contribution in [0.5, 0.6) is 0 Å². The van der Waals surface area contributed by atoms with Crippen molar-refractivity contribution in [3.8, 4) is 0 Å². The molecular weight excluding hydrogens is 196 g/mol. The van der Waals surface area contributed by atoms with Gasteiger partial charge in [-0.3, -0.25) is 0 Å². The maximum Gasteiger partial charge on any atom is 0.0343 e. The highest BCUT2D eigenvalue weighted by Gasteiger charge is 2.06. The fraction of sp³-hybridized carbons (Fsp3) is 0.571. The Morgan fingerprint density at radius 3 is 2.25 bits per heavy atom. The highest BCUT2D eigenvalue weighted by Crippen LogP contribution is 2.16. The van der Waals surface area contributed by atoms with Gasteiger partial charge in [0.2, 0.25) is 0 Å². The molecule has 0 aliphatic heterocycles. The zero-order valence-corrected chi connectivity index (χ0v) is 10.7. The van der Waals surface area contributed by atoms with E-state index in [-0.39, 0.29) is 0 Å². The molecule has 1 unspecified atom stereocenters. The van der Waals surface area contributed by atoms with Gasteiger partial charge in [-0.1, -0.05) is 20.8 Å². The Morgan fingerprint density at radius 1 is 1.12 bits per heavy atom. The van der Waals surface area contributed by atoms with Crippen LogP contribution in [0, 0.1) is 5.92 Å². The van der Waals surface area contributed by atoms with Crippen molar-refractivity contribution in [2.45, 2.75) is 46.1 Å². The van der Waals surface area contributed by atoms with Gasteiger partial charge in [-0.15, -0.1) is 0 Å². The van der Waals surface area contributed by atoms with Crippen LogP contribution in [0.4, 0.5) is 11.4 Å². The Balaban J connectivity index is 2.46. The molecule has 0 aliphatic rings. The number of hydrogen-bond donors (Lipinski definition) is 2. The van der Waals surface area contributed by atoms with Gasteiger partial charge in [0.15, 0.2) is 0 Å². The highest BCUT2D eigenvalue weighted by atomic mass is 14.9. The first-order valence-corrected chi connectivity index (χ1v) is 6.24. The van der Waals surface area contributed by atoms with Crippen molar-refractivity contribution in [1.29, 1.82) is 0 Å². The Bertz CT molecular complexity index is 290. The van der Waals surface area contributed by atoms with Crippen molar-refractivity contribution in [3.63, 3.8) is 0 Å². The number of benzene rings is 1. The van der Waals surface area contributed by atoms with Crippen LogP contribution < -0.4 is 11.1 Å². The van der Waals surface area contributed by atoms with E-state index in [2.05, 4.69) is 26.1 Å². The molecule has 0 spiro atoms. The second-order valence-electron chi connectivity index (χ2n) is 4.84. The second kappa shape index (κ2) is 6.41. The average molecular weight is 220 g/mol. The summed E-state index contributed by atoms with van der Waals surface area (Å²) in [7, 11) is 0. The Kier molecular flexibility index (Phi) is 5.17. The third-order valence-electron chi connectivity index (χ3n) is 2.87. The minimum absolute atomic E-state index is 0.575. The van der Waals surface area contributed by atoms with Gasteiger partial charge < -0.3 is 11.1 Å². The fourth-order valence-corrected chi connectivity index (χ4v) is 1.73. The molecule has 1 atom stereocenters. The Morgan fingerprint density at radius 2 is 1.75 bits per heavy atom. The molecule has 2 nitrogen and oxygen atoms in total. The maximum atomic E-state index is 5.66. The summed E-state index contributed by atoms with van der Waals surface area (Å²) < 4.78 is 0. The van der Waals surface area contributed by atoms with E-state index in [9.17, 15) is 0 Å². The summed E-state index contributed by atoms with van der Waals surface area (Å²) in [6.45, 7) is 6.78. The second-order valence-corrected chi connectivity index (χ2v) is 4.84. The van der Waals surface area contributed by atoms with Crippen LogP contribution in [0.3, 0.4) is 0 Å². The number of nitrogens with two attached hydrogens (primary N) is 1. The summed E-state index contributed by atoms with van der Waals surface area (Å²) in [6, 6.07) is 8.56. The SMILES string of the molecule is CCC(CCC(C)C)Nc1ccc(N)cc1. The molecule has 0 amide bonds. The molecule has 16 heavy (non-hydrogen) atoms. The van der Waals surface area contributed by atoms with Gasteiger partial charge in [0.25, 0.3) is 0 Å². The Hall–Kier alpha value is -1.18. The van der Waals surface area contributed by atoms with Gasteiger partial charge in [-0.05, 0) is 49.4 Å². The minimum atomic E-state index is 0.575. The lowest BCUT2D eigenvalue weighted by molar-refractivity contribution is 0.506. The summed E-state index contributed by atoms with van der Waals surface area (Å²) in [5.74, 6) is 0.780. The molecule has 0 aromatic heterocycles. The average Bonchev–Trinajstić information content (AvgIpc) is 2.26. The first-order chi connectivity index (χ1) is 7.61. The quantitative estimate of drug-likeness (QED) is 0.714. The summed E-state index contributed by atoms with van der Waals surface area (Å²) in [4.78, 5) is 0. The summed E-state index contributed by atoms with van der Waals surface area (Å²) in [6.07, 6.45) is 3.68. The number of hydrogen-bond acceptors (Lipinski definition) is 2. The van der Waals surface area contributed by atoms with Gasteiger partial charge in [-0.2, -0.15) is 0 Å². The fourth-order valence-electron chi connectivity index (χ4n) is 1.73.